The van der Waals surface area contributed by atoms with Crippen LogP contribution in [0.25, 0.3) is 10.2 Å². The van der Waals surface area contributed by atoms with Crippen molar-refractivity contribution in [3.8, 4) is 0 Å². The van der Waals surface area contributed by atoms with Gasteiger partial charge in [0.05, 0.1) is 10.2 Å². The second kappa shape index (κ2) is 6.01. The molecule has 0 saturated carbocycles. The van der Waals surface area contributed by atoms with Crippen molar-refractivity contribution in [3.05, 3.63) is 59.4 Å². The zero-order valence-corrected chi connectivity index (χ0v) is 12.5. The number of rotatable bonds is 4. The molecule has 2 heterocycles. The summed E-state index contributed by atoms with van der Waals surface area (Å²) in [5.74, 6) is -0.0229. The summed E-state index contributed by atoms with van der Waals surface area (Å²) in [6.07, 6.45) is 4.35. The normalized spacial score (nSPS) is 10.7. The van der Waals surface area contributed by atoms with Gasteiger partial charge in [0.25, 0.3) is 5.91 Å². The first-order chi connectivity index (χ1) is 10.2. The number of fused-ring (bicyclic) bond motifs is 1. The Morgan fingerprint density at radius 1 is 1.19 bits per heavy atom. The number of amides is 1. The molecule has 21 heavy (non-hydrogen) atoms. The van der Waals surface area contributed by atoms with Crippen molar-refractivity contribution in [3.63, 3.8) is 0 Å². The van der Waals surface area contributed by atoms with Crippen molar-refractivity contribution in [2.45, 2.75) is 6.42 Å². The maximum absolute atomic E-state index is 12.4. The Hall–Kier alpha value is -2.27. The monoisotopic (exact) mass is 297 g/mol. The number of hydrogen-bond acceptors (Lipinski definition) is 4. The highest BCUT2D eigenvalue weighted by Gasteiger charge is 2.16. The molecule has 1 amide bonds. The van der Waals surface area contributed by atoms with Crippen LogP contribution in [0.4, 0.5) is 0 Å². The minimum atomic E-state index is -0.0229. The number of pyridine rings is 1. The van der Waals surface area contributed by atoms with Gasteiger partial charge in [0.1, 0.15) is 0 Å². The maximum Gasteiger partial charge on any atom is 0.282 e. The second-order valence-electron chi connectivity index (χ2n) is 4.82. The van der Waals surface area contributed by atoms with Gasteiger partial charge in [0.2, 0.25) is 0 Å². The Labute approximate surface area is 127 Å². The minimum absolute atomic E-state index is 0.0229. The highest BCUT2D eigenvalue weighted by atomic mass is 32.1. The first kappa shape index (κ1) is 13.7. The topological polar surface area (TPSA) is 46.1 Å². The smallest absolute Gasteiger partial charge is 0.282 e. The summed E-state index contributed by atoms with van der Waals surface area (Å²) in [5.41, 5.74) is 2.06. The highest BCUT2D eigenvalue weighted by Crippen LogP contribution is 2.22. The Kier molecular flexibility index (Phi) is 3.92. The molecule has 0 N–H and O–H groups in total. The molecule has 0 radical (unpaired) electrons. The van der Waals surface area contributed by atoms with Gasteiger partial charge in [0, 0.05) is 26.0 Å². The highest BCUT2D eigenvalue weighted by molar-refractivity contribution is 7.20. The lowest BCUT2D eigenvalue weighted by Crippen LogP contribution is -2.28. The Morgan fingerprint density at radius 2 is 1.95 bits per heavy atom. The van der Waals surface area contributed by atoms with Gasteiger partial charge in [-0.2, -0.15) is 0 Å². The first-order valence-electron chi connectivity index (χ1n) is 6.74. The lowest BCUT2D eigenvalue weighted by molar-refractivity contribution is 0.0796. The molecule has 3 rings (SSSR count). The summed E-state index contributed by atoms with van der Waals surface area (Å²) >= 11 is 1.44. The summed E-state index contributed by atoms with van der Waals surface area (Å²) in [5, 5.41) is 0.549. The zero-order valence-electron chi connectivity index (χ0n) is 11.7. The number of carbonyl (C=O) groups is 1. The van der Waals surface area contributed by atoms with Gasteiger partial charge in [-0.1, -0.05) is 12.1 Å². The minimum Gasteiger partial charge on any atom is -0.339 e. The summed E-state index contributed by atoms with van der Waals surface area (Å²) in [6, 6.07) is 11.7. The summed E-state index contributed by atoms with van der Waals surface area (Å²) in [4.78, 5) is 22.5. The molecule has 1 aromatic carbocycles. The van der Waals surface area contributed by atoms with E-state index < -0.39 is 0 Å². The molecular weight excluding hydrogens is 282 g/mol. The van der Waals surface area contributed by atoms with Crippen LogP contribution in [0.3, 0.4) is 0 Å². The van der Waals surface area contributed by atoms with E-state index in [1.54, 1.807) is 17.3 Å². The summed E-state index contributed by atoms with van der Waals surface area (Å²) < 4.78 is 1.04. The largest absolute Gasteiger partial charge is 0.339 e. The van der Waals surface area contributed by atoms with E-state index in [9.17, 15) is 4.79 Å². The van der Waals surface area contributed by atoms with Crippen LogP contribution in [0.15, 0.2) is 48.8 Å². The van der Waals surface area contributed by atoms with Crippen LogP contribution >= 0.6 is 11.3 Å². The van der Waals surface area contributed by atoms with Gasteiger partial charge in [-0.25, -0.2) is 4.98 Å². The van der Waals surface area contributed by atoms with Crippen LogP contribution in [0.1, 0.15) is 15.4 Å². The Morgan fingerprint density at radius 3 is 2.71 bits per heavy atom. The van der Waals surface area contributed by atoms with E-state index in [-0.39, 0.29) is 5.91 Å². The van der Waals surface area contributed by atoms with Crippen LogP contribution < -0.4 is 0 Å². The molecule has 0 bridgehead atoms. The molecule has 0 fully saturated rings. The van der Waals surface area contributed by atoms with E-state index >= 15 is 0 Å². The van der Waals surface area contributed by atoms with Gasteiger partial charge in [0.15, 0.2) is 5.01 Å². The molecular formula is C16H15N3OS. The van der Waals surface area contributed by atoms with Gasteiger partial charge in [-0.3, -0.25) is 9.78 Å². The lowest BCUT2D eigenvalue weighted by Gasteiger charge is -2.15. The van der Waals surface area contributed by atoms with Gasteiger partial charge in [-0.05, 0) is 36.2 Å². The van der Waals surface area contributed by atoms with Crippen molar-refractivity contribution >= 4 is 27.5 Å². The van der Waals surface area contributed by atoms with Crippen LogP contribution in [0.5, 0.6) is 0 Å². The molecule has 0 aliphatic rings. The third-order valence-electron chi connectivity index (χ3n) is 3.31. The number of benzene rings is 1. The summed E-state index contributed by atoms with van der Waals surface area (Å²) in [7, 11) is 1.82. The zero-order chi connectivity index (χ0) is 14.7. The molecule has 0 atom stereocenters. The number of thiazole rings is 1. The number of hydrogen-bond donors (Lipinski definition) is 0. The fourth-order valence-electron chi connectivity index (χ4n) is 2.07. The molecule has 2 aromatic heterocycles. The van der Waals surface area contributed by atoms with E-state index in [0.717, 1.165) is 16.6 Å². The Bertz CT molecular complexity index is 721. The second-order valence-corrected chi connectivity index (χ2v) is 5.85. The van der Waals surface area contributed by atoms with Gasteiger partial charge >= 0.3 is 0 Å². The average Bonchev–Trinajstić information content (AvgIpc) is 2.97. The first-order valence-corrected chi connectivity index (χ1v) is 7.55. The fourth-order valence-corrected chi connectivity index (χ4v) is 3.04. The number of aromatic nitrogens is 2. The van der Waals surface area contributed by atoms with E-state index in [1.165, 1.54) is 16.9 Å². The van der Waals surface area contributed by atoms with Crippen molar-refractivity contribution in [1.82, 2.24) is 14.9 Å². The van der Waals surface area contributed by atoms with Crippen LogP contribution in [-0.4, -0.2) is 34.4 Å². The van der Waals surface area contributed by atoms with E-state index in [4.69, 9.17) is 0 Å². The molecule has 5 heteroatoms. The van der Waals surface area contributed by atoms with Crippen molar-refractivity contribution in [2.24, 2.45) is 0 Å². The molecule has 106 valence electrons. The quantitative estimate of drug-likeness (QED) is 0.743. The predicted molar refractivity (Wildman–Crippen MR) is 84.5 cm³/mol. The number of likely N-dealkylation sites (N-methyl/N-ethyl adjacent to an activating group) is 1. The predicted octanol–water partition coefficient (Wildman–Crippen LogP) is 3.01. The fraction of sp³-hybridized carbons (Fsp3) is 0.188. The molecule has 0 unspecified atom stereocenters. The molecule has 4 nitrogen and oxygen atoms in total. The number of carbonyl (C=O) groups excluding carboxylic acids is 1. The number of para-hydroxylation sites is 1. The average molecular weight is 297 g/mol. The molecule has 0 aliphatic heterocycles. The van der Waals surface area contributed by atoms with Crippen molar-refractivity contribution < 1.29 is 4.79 Å². The van der Waals surface area contributed by atoms with Crippen molar-refractivity contribution in [2.75, 3.05) is 13.6 Å². The molecule has 3 aromatic rings. The molecule has 0 saturated heterocycles. The Balaban J connectivity index is 1.69. The lowest BCUT2D eigenvalue weighted by atomic mass is 10.2. The van der Waals surface area contributed by atoms with E-state index in [0.29, 0.717) is 11.6 Å². The maximum atomic E-state index is 12.4. The van der Waals surface area contributed by atoms with Gasteiger partial charge < -0.3 is 4.90 Å². The third kappa shape index (κ3) is 3.08. The standard InChI is InChI=1S/C16H15N3OS/c1-19(11-8-12-6-9-17-10-7-12)16(20)15-18-13-4-2-3-5-14(13)21-15/h2-7,9-10H,8,11H2,1H3. The molecule has 0 aliphatic carbocycles. The van der Waals surface area contributed by atoms with Crippen molar-refractivity contribution in [1.29, 1.82) is 0 Å². The van der Waals surface area contributed by atoms with Crippen LogP contribution in [-0.2, 0) is 6.42 Å². The van der Waals surface area contributed by atoms with Crippen LogP contribution in [0, 0.1) is 0 Å². The van der Waals surface area contributed by atoms with E-state index in [1.807, 2.05) is 43.4 Å². The van der Waals surface area contributed by atoms with Gasteiger partial charge in [-0.15, -0.1) is 11.3 Å². The van der Waals surface area contributed by atoms with E-state index in [2.05, 4.69) is 9.97 Å². The SMILES string of the molecule is CN(CCc1ccncc1)C(=O)c1nc2ccccc2s1. The third-order valence-corrected chi connectivity index (χ3v) is 4.33. The van der Waals surface area contributed by atoms with Crippen LogP contribution in [0.2, 0.25) is 0 Å². The molecule has 0 spiro atoms. The number of nitrogens with zero attached hydrogens (tertiary/aromatic N) is 3. The summed E-state index contributed by atoms with van der Waals surface area (Å²) in [6.45, 7) is 0.665.